The number of sulfonamides is 2. The quantitative estimate of drug-likeness (QED) is 0.0368. The molecule has 0 bridgehead atoms. The Morgan fingerprint density at radius 2 is 0.681 bits per heavy atom. The van der Waals surface area contributed by atoms with Gasteiger partial charge in [-0.2, -0.15) is 10.0 Å². The Kier molecular flexibility index (Phi) is 26.8. The largest absolute Gasteiger partial charge is 0.303 e. The normalized spacial score (nSPS) is 15.9. The summed E-state index contributed by atoms with van der Waals surface area (Å²) in [5.74, 6) is 2.18. The number of rotatable bonds is 29. The van der Waals surface area contributed by atoms with E-state index in [0.717, 1.165) is 173 Å². The molecule has 116 heavy (non-hydrogen) atoms. The summed E-state index contributed by atoms with van der Waals surface area (Å²) in [5.41, 5.74) is 6.48. The van der Waals surface area contributed by atoms with Gasteiger partial charge in [0.2, 0.25) is 20.0 Å². The first-order chi connectivity index (χ1) is 56.5. The highest BCUT2D eigenvalue weighted by molar-refractivity contribution is 7.89. The molecule has 3 saturated heterocycles. The van der Waals surface area contributed by atoms with Crippen molar-refractivity contribution < 1.29 is 16.8 Å². The van der Waals surface area contributed by atoms with E-state index in [1.165, 1.54) is 10.4 Å². The number of aromatic nitrogens is 12. The van der Waals surface area contributed by atoms with Crippen molar-refractivity contribution in [1.29, 1.82) is 0 Å². The van der Waals surface area contributed by atoms with Gasteiger partial charge < -0.3 is 14.7 Å². The van der Waals surface area contributed by atoms with Gasteiger partial charge in [0.05, 0.1) is 41.8 Å². The van der Waals surface area contributed by atoms with E-state index in [1.807, 2.05) is 152 Å². The maximum atomic E-state index is 11.6. The molecule has 3 N–H and O–H groups in total. The SMILES string of the molecule is [C-]#[N+]C(CCN1CCC(c2ccccc2)(c2nn[nH]n2)CC1)(c1ccccc1)c1ccccc1.[C-]#[N+]C(CCN1CCC(c2ccccc2)(c2nnn(CCNS(C)(=O)=O)n2)CC1)(c1ccccc1)c1ccccc1.[C-]#[N+]C(CCN1CCC(c2ccccc2)(c2nnnn2CCNS(C)(=O)=O)CC1)(c1ccccc1)c1ccccc1. The van der Waals surface area contributed by atoms with Crippen molar-refractivity contribution in [1.82, 2.24) is 85.2 Å². The zero-order valence-corrected chi connectivity index (χ0v) is 67.2. The number of nitrogens with one attached hydrogen (secondary N) is 3. The Labute approximate surface area is 681 Å². The van der Waals surface area contributed by atoms with Crippen LogP contribution in [-0.4, -0.2) is 177 Å². The van der Waals surface area contributed by atoms with Gasteiger partial charge in [-0.05, 0) is 110 Å². The highest BCUT2D eigenvalue weighted by Crippen LogP contribution is 2.46. The van der Waals surface area contributed by atoms with Crippen LogP contribution >= 0.6 is 0 Å². The lowest BCUT2D eigenvalue weighted by molar-refractivity contribution is 0.164. The molecule has 3 aliphatic rings. The van der Waals surface area contributed by atoms with E-state index in [2.05, 4.69) is 206 Å². The highest BCUT2D eigenvalue weighted by Gasteiger charge is 2.49. The zero-order valence-electron chi connectivity index (χ0n) is 65.6. The number of nitrogens with zero attached hydrogens (tertiary/aromatic N) is 17. The summed E-state index contributed by atoms with van der Waals surface area (Å²) in [6.45, 7) is 33.5. The van der Waals surface area contributed by atoms with Gasteiger partial charge in [0, 0.05) is 85.4 Å². The lowest BCUT2D eigenvalue weighted by Gasteiger charge is -2.41. The third-order valence-electron chi connectivity index (χ3n) is 23.5. The van der Waals surface area contributed by atoms with Crippen LogP contribution in [0.5, 0.6) is 0 Å². The minimum Gasteiger partial charge on any atom is -0.303 e. The standard InChI is InChI=1S/2C31H35N7O2S.C28H28N6/c1-32-31(27-14-8-4-9-15-27,28-16-10-5-11-17-28)20-24-37-22-18-30(19-23-37,26-12-6-3-7-13-26)29-34-35-36-38(29)25-21-33-41(2,39)40;1-32-31(27-14-8-4-9-15-27,28-16-10-5-11-17-28)20-24-37-22-18-30(19-23-37,26-12-6-3-7-13-26)29-34-36-38(35-29)25-21-33-41(2,39)40;1-29-28(24-13-7-3-8-14-24,25-15-9-4-10-16-25)19-22-34-20-17-27(18-21-34,26-30-32-33-31-26)23-11-5-2-6-12-23/h2*3-17,33H,18-25H2,2H3;2-16H,17-22H2,(H,30,31,32,33). The van der Waals surface area contributed by atoms with Crippen molar-refractivity contribution in [2.75, 3.05) is 84.5 Å². The molecule has 0 saturated carbocycles. The van der Waals surface area contributed by atoms with Gasteiger partial charge in [0.1, 0.15) is 0 Å². The van der Waals surface area contributed by atoms with Crippen molar-refractivity contribution in [2.24, 2.45) is 0 Å². The minimum atomic E-state index is -3.31. The summed E-state index contributed by atoms with van der Waals surface area (Å²) in [5, 5.41) is 41.3. The molecule has 3 fully saturated rings. The monoisotopic (exact) mass is 1590 g/mol. The van der Waals surface area contributed by atoms with Gasteiger partial charge in [0.25, 0.3) is 16.6 Å². The summed E-state index contributed by atoms with van der Waals surface area (Å²) in [6, 6.07) is 92.1. The summed E-state index contributed by atoms with van der Waals surface area (Å²) in [7, 11) is -6.60. The fourth-order valence-electron chi connectivity index (χ4n) is 17.1. The number of likely N-dealkylation sites (tertiary alicyclic amines) is 3. The highest BCUT2D eigenvalue weighted by atomic mass is 32.2. The Morgan fingerprint density at radius 3 is 0.991 bits per heavy atom. The van der Waals surface area contributed by atoms with Crippen LogP contribution in [-0.2, 0) is 66.0 Å². The third-order valence-corrected chi connectivity index (χ3v) is 25.0. The Bertz CT molecular complexity index is 5290. The lowest BCUT2D eigenvalue weighted by Crippen LogP contribution is -2.46. The smallest absolute Gasteiger partial charge is 0.283 e. The van der Waals surface area contributed by atoms with Crippen molar-refractivity contribution in [3.05, 3.63) is 375 Å². The molecule has 594 valence electrons. The molecule has 3 aromatic heterocycles. The maximum Gasteiger partial charge on any atom is 0.283 e. The van der Waals surface area contributed by atoms with Crippen LogP contribution < -0.4 is 9.44 Å². The molecule has 9 aromatic carbocycles. The molecule has 24 nitrogen and oxygen atoms in total. The van der Waals surface area contributed by atoms with Gasteiger partial charge in [-0.25, -0.2) is 50.7 Å². The fraction of sp³-hybridized carbons (Fsp3) is 0.333. The summed E-state index contributed by atoms with van der Waals surface area (Å²) in [6.07, 6.45) is 9.44. The molecule has 6 heterocycles. The predicted octanol–water partition coefficient (Wildman–Crippen LogP) is 12.5. The van der Waals surface area contributed by atoms with Crippen LogP contribution in [0.1, 0.15) is 125 Å². The molecule has 3 aliphatic heterocycles. The number of aromatic amines is 1. The average Bonchev–Trinajstić information content (AvgIpc) is 1.22. The summed E-state index contributed by atoms with van der Waals surface area (Å²) < 4.78 is 52.8. The van der Waals surface area contributed by atoms with Crippen LogP contribution in [0.3, 0.4) is 0 Å². The molecule has 26 heteroatoms. The van der Waals surface area contributed by atoms with E-state index < -0.39 is 47.5 Å². The Balaban J connectivity index is 0.000000152. The first-order valence-corrected chi connectivity index (χ1v) is 43.3. The first kappa shape index (κ1) is 82.3. The molecule has 15 rings (SSSR count). The van der Waals surface area contributed by atoms with Gasteiger partial charge >= 0.3 is 0 Å². The van der Waals surface area contributed by atoms with Crippen LogP contribution in [0.25, 0.3) is 14.5 Å². The molecule has 0 atom stereocenters. The molecule has 0 radical (unpaired) electrons. The second-order valence-corrected chi connectivity index (χ2v) is 33.9. The van der Waals surface area contributed by atoms with Crippen molar-refractivity contribution in [3.8, 4) is 0 Å². The van der Waals surface area contributed by atoms with E-state index in [0.29, 0.717) is 31.8 Å². The second-order valence-electron chi connectivity index (χ2n) is 30.2. The van der Waals surface area contributed by atoms with Crippen molar-refractivity contribution in [3.63, 3.8) is 0 Å². The van der Waals surface area contributed by atoms with E-state index >= 15 is 0 Å². The Morgan fingerprint density at radius 1 is 0.379 bits per heavy atom. The molecule has 0 unspecified atom stereocenters. The lowest BCUT2D eigenvalue weighted by atomic mass is 9.71. The predicted molar refractivity (Wildman–Crippen MR) is 449 cm³/mol. The van der Waals surface area contributed by atoms with E-state index in [4.69, 9.17) is 24.8 Å². The average molecular weight is 1590 g/mol. The molecule has 12 aromatic rings. The summed E-state index contributed by atoms with van der Waals surface area (Å²) in [4.78, 5) is 21.6. The molecular formula is C90H98N20O4S2. The topological polar surface area (TPSA) is 257 Å². The molecule has 0 aliphatic carbocycles. The second kappa shape index (κ2) is 37.8. The van der Waals surface area contributed by atoms with Gasteiger partial charge in [-0.1, -0.05) is 278 Å². The van der Waals surface area contributed by atoms with E-state index in [-0.39, 0.29) is 18.5 Å². The fourth-order valence-corrected chi connectivity index (χ4v) is 18.0. The van der Waals surface area contributed by atoms with Crippen LogP contribution in [0.4, 0.5) is 0 Å². The van der Waals surface area contributed by atoms with Crippen molar-refractivity contribution in [2.45, 2.75) is 104 Å². The number of tetrazole rings is 3. The molecule has 0 spiro atoms. The van der Waals surface area contributed by atoms with E-state index in [1.54, 1.807) is 4.68 Å². The van der Waals surface area contributed by atoms with E-state index in [9.17, 15) is 16.8 Å². The van der Waals surface area contributed by atoms with Gasteiger partial charge in [0.15, 0.2) is 17.5 Å². The third kappa shape index (κ3) is 19.0. The number of H-pyrrole nitrogens is 1. The van der Waals surface area contributed by atoms with Gasteiger partial charge in [-0.3, -0.25) is 14.5 Å². The summed E-state index contributed by atoms with van der Waals surface area (Å²) >= 11 is 0. The first-order valence-electron chi connectivity index (χ1n) is 39.5. The maximum absolute atomic E-state index is 11.6. The number of piperidine rings is 3. The van der Waals surface area contributed by atoms with Crippen LogP contribution in [0.2, 0.25) is 0 Å². The van der Waals surface area contributed by atoms with Crippen molar-refractivity contribution >= 4 is 20.0 Å². The molecular weight excluding hydrogens is 1490 g/mol. The van der Waals surface area contributed by atoms with Gasteiger partial charge in [-0.15, -0.1) is 25.5 Å². The zero-order chi connectivity index (χ0) is 80.8. The Hall–Kier alpha value is -11.6. The number of benzene rings is 9. The number of hydrogen-bond acceptors (Lipinski definition) is 16. The molecule has 0 amide bonds. The van der Waals surface area contributed by atoms with Crippen LogP contribution in [0.15, 0.2) is 273 Å². The van der Waals surface area contributed by atoms with Crippen LogP contribution in [0, 0.1) is 19.7 Å². The number of hydrogen-bond donors (Lipinski definition) is 3. The minimum absolute atomic E-state index is 0.201.